The summed E-state index contributed by atoms with van der Waals surface area (Å²) in [6.45, 7) is 6.17. The fourth-order valence-corrected chi connectivity index (χ4v) is 9.83. The molecule has 0 aliphatic rings. The van der Waals surface area contributed by atoms with E-state index in [-0.39, 0.29) is 0 Å². The molecule has 4 heterocycles. The van der Waals surface area contributed by atoms with Gasteiger partial charge in [0, 0.05) is 36.7 Å². The first-order chi connectivity index (χ1) is 23.7. The molecule has 0 aliphatic carbocycles. The lowest BCUT2D eigenvalue weighted by Gasteiger charge is -2.12. The van der Waals surface area contributed by atoms with Crippen LogP contribution < -0.4 is 0 Å². The van der Waals surface area contributed by atoms with Crippen LogP contribution in [0.5, 0.6) is 0 Å². The standard InChI is InChI=1S/C43H27N3S2/c1-3-4-20-34-25(2)36-29-15-7-8-16-30(29)37-31-17-9-11-19-33(31)46(40(37)41(36)47-34)43-44-38(28-23-22-26-13-5-6-14-27(26)24-28)42-39(45-43)32-18-10-12-21-35(32)48-42/h3-24H,1H2,2H3/b20-4-. The van der Waals surface area contributed by atoms with E-state index in [1.165, 1.54) is 57.5 Å². The van der Waals surface area contributed by atoms with Crippen LogP contribution >= 0.6 is 22.7 Å². The molecule has 0 amide bonds. The molecule has 0 atom stereocenters. The number of rotatable bonds is 4. The SMILES string of the molecule is C=C/C=C\c1sc2c(c1C)c1ccccc1c1c3ccccc3n(-c3nc(-c4ccc5ccccc5c4)c4sc5ccccc5c4n3)c21. The molecule has 3 nitrogen and oxygen atoms in total. The topological polar surface area (TPSA) is 30.7 Å². The molecule has 0 bridgehead atoms. The van der Waals surface area contributed by atoms with E-state index in [2.05, 4.69) is 139 Å². The van der Waals surface area contributed by atoms with Crippen LogP contribution in [0.15, 0.2) is 134 Å². The molecule has 48 heavy (non-hydrogen) atoms. The molecule has 5 heteroatoms. The molecule has 0 fully saturated rings. The zero-order valence-corrected chi connectivity index (χ0v) is 27.7. The van der Waals surface area contributed by atoms with Crippen molar-refractivity contribution in [3.8, 4) is 17.2 Å². The Morgan fingerprint density at radius 3 is 2.21 bits per heavy atom. The molecule has 0 saturated carbocycles. The molecular weight excluding hydrogens is 623 g/mol. The molecule has 10 aromatic rings. The van der Waals surface area contributed by atoms with Gasteiger partial charge < -0.3 is 0 Å². The highest BCUT2D eigenvalue weighted by Crippen LogP contribution is 2.47. The van der Waals surface area contributed by atoms with Gasteiger partial charge in [0.25, 0.3) is 0 Å². The minimum absolute atomic E-state index is 0.686. The van der Waals surface area contributed by atoms with Crippen LogP contribution in [0.3, 0.4) is 0 Å². The molecule has 4 aromatic heterocycles. The summed E-state index contributed by atoms with van der Waals surface area (Å²) in [7, 11) is 0. The molecule has 0 aliphatic heterocycles. The maximum atomic E-state index is 5.52. The highest BCUT2D eigenvalue weighted by atomic mass is 32.1. The molecule has 0 radical (unpaired) electrons. The van der Waals surface area contributed by atoms with Gasteiger partial charge in [-0.1, -0.05) is 116 Å². The predicted molar refractivity (Wildman–Crippen MR) is 209 cm³/mol. The second-order valence-corrected chi connectivity index (χ2v) is 14.3. The zero-order chi connectivity index (χ0) is 31.9. The van der Waals surface area contributed by atoms with Gasteiger partial charge in [0.2, 0.25) is 5.95 Å². The Bertz CT molecular complexity index is 2990. The van der Waals surface area contributed by atoms with Gasteiger partial charge in [0.15, 0.2) is 0 Å². The van der Waals surface area contributed by atoms with Gasteiger partial charge in [-0.05, 0) is 58.3 Å². The maximum absolute atomic E-state index is 5.52. The third kappa shape index (κ3) is 3.86. The van der Waals surface area contributed by atoms with Crippen molar-refractivity contribution < 1.29 is 0 Å². The van der Waals surface area contributed by atoms with Crippen LogP contribution in [0.25, 0.3) is 97.0 Å². The number of fused-ring (bicyclic) bond motifs is 12. The Balaban J connectivity index is 1.41. The van der Waals surface area contributed by atoms with Gasteiger partial charge >= 0.3 is 0 Å². The summed E-state index contributed by atoms with van der Waals surface area (Å²) in [6.07, 6.45) is 6.05. The van der Waals surface area contributed by atoms with E-state index < -0.39 is 0 Å². The van der Waals surface area contributed by atoms with E-state index in [9.17, 15) is 0 Å². The van der Waals surface area contributed by atoms with Crippen LogP contribution in [0.1, 0.15) is 10.4 Å². The number of nitrogens with zero attached hydrogens (tertiary/aromatic N) is 3. The average Bonchev–Trinajstić information content (AvgIpc) is 3.79. The number of hydrogen-bond acceptors (Lipinski definition) is 4. The number of hydrogen-bond donors (Lipinski definition) is 0. The van der Waals surface area contributed by atoms with Gasteiger partial charge in [-0.3, -0.25) is 4.57 Å². The number of allylic oxidation sites excluding steroid dienone is 2. The second kappa shape index (κ2) is 10.4. The van der Waals surface area contributed by atoms with Crippen LogP contribution in [0.2, 0.25) is 0 Å². The van der Waals surface area contributed by atoms with E-state index in [1.54, 1.807) is 11.3 Å². The summed E-state index contributed by atoms with van der Waals surface area (Å²) in [5.41, 5.74) is 6.57. The Kier molecular flexibility index (Phi) is 5.98. The summed E-state index contributed by atoms with van der Waals surface area (Å²) in [6, 6.07) is 41.3. The predicted octanol–water partition coefficient (Wildman–Crippen LogP) is 12.6. The lowest BCUT2D eigenvalue weighted by Crippen LogP contribution is -2.03. The van der Waals surface area contributed by atoms with Crippen molar-refractivity contribution in [2.45, 2.75) is 6.92 Å². The Hall–Kier alpha value is -5.62. The smallest absolute Gasteiger partial charge is 0.235 e. The summed E-state index contributed by atoms with van der Waals surface area (Å²) in [5, 5.41) is 9.80. The highest BCUT2D eigenvalue weighted by Gasteiger charge is 2.25. The third-order valence-corrected chi connectivity index (χ3v) is 12.0. The van der Waals surface area contributed by atoms with Crippen molar-refractivity contribution in [3.63, 3.8) is 0 Å². The van der Waals surface area contributed by atoms with Gasteiger partial charge in [-0.25, -0.2) is 9.97 Å². The minimum Gasteiger partial charge on any atom is -0.276 e. The van der Waals surface area contributed by atoms with Crippen LogP contribution in [-0.4, -0.2) is 14.5 Å². The lowest BCUT2D eigenvalue weighted by molar-refractivity contribution is 1.02. The summed E-state index contributed by atoms with van der Waals surface area (Å²) in [4.78, 5) is 12.2. The largest absolute Gasteiger partial charge is 0.276 e. The molecular formula is C43H27N3S2. The molecule has 0 saturated heterocycles. The molecule has 0 spiro atoms. The first-order valence-corrected chi connectivity index (χ1v) is 17.7. The number of thiophene rings is 2. The number of benzene rings is 6. The van der Waals surface area contributed by atoms with Crippen molar-refractivity contribution in [2.24, 2.45) is 0 Å². The summed E-state index contributed by atoms with van der Waals surface area (Å²) in [5.74, 6) is 0.686. The van der Waals surface area contributed by atoms with Crippen molar-refractivity contribution in [2.75, 3.05) is 0 Å². The highest BCUT2D eigenvalue weighted by molar-refractivity contribution is 7.26. The van der Waals surface area contributed by atoms with Crippen molar-refractivity contribution in [1.29, 1.82) is 0 Å². The lowest BCUT2D eigenvalue weighted by atomic mass is 9.98. The molecule has 10 rings (SSSR count). The number of aryl methyl sites for hydroxylation is 1. The van der Waals surface area contributed by atoms with E-state index in [1.807, 2.05) is 23.5 Å². The van der Waals surface area contributed by atoms with E-state index in [0.29, 0.717) is 5.95 Å². The fraction of sp³-hybridized carbons (Fsp3) is 0.0233. The van der Waals surface area contributed by atoms with Gasteiger partial charge in [-0.2, -0.15) is 0 Å². The van der Waals surface area contributed by atoms with Crippen LogP contribution in [0, 0.1) is 6.92 Å². The molecule has 226 valence electrons. The third-order valence-electron chi connectivity index (χ3n) is 9.55. The van der Waals surface area contributed by atoms with Crippen molar-refractivity contribution in [1.82, 2.24) is 14.5 Å². The maximum Gasteiger partial charge on any atom is 0.235 e. The Labute approximate surface area is 284 Å². The monoisotopic (exact) mass is 649 g/mol. The van der Waals surface area contributed by atoms with E-state index in [4.69, 9.17) is 9.97 Å². The molecule has 0 N–H and O–H groups in total. The van der Waals surface area contributed by atoms with Gasteiger partial charge in [-0.15, -0.1) is 22.7 Å². The van der Waals surface area contributed by atoms with Gasteiger partial charge in [0.05, 0.1) is 31.6 Å². The summed E-state index contributed by atoms with van der Waals surface area (Å²) < 4.78 is 5.89. The Morgan fingerprint density at radius 2 is 1.38 bits per heavy atom. The minimum atomic E-state index is 0.686. The number of aromatic nitrogens is 3. The average molecular weight is 650 g/mol. The van der Waals surface area contributed by atoms with Crippen LogP contribution in [0.4, 0.5) is 0 Å². The second-order valence-electron chi connectivity index (χ2n) is 12.2. The van der Waals surface area contributed by atoms with Gasteiger partial charge in [0.1, 0.15) is 0 Å². The zero-order valence-electron chi connectivity index (χ0n) is 26.1. The summed E-state index contributed by atoms with van der Waals surface area (Å²) >= 11 is 3.60. The van der Waals surface area contributed by atoms with E-state index >= 15 is 0 Å². The van der Waals surface area contributed by atoms with Crippen molar-refractivity contribution >= 4 is 102 Å². The first-order valence-electron chi connectivity index (χ1n) is 16.0. The molecule has 6 aromatic carbocycles. The molecule has 0 unspecified atom stereocenters. The number of para-hydroxylation sites is 1. The van der Waals surface area contributed by atoms with Crippen LogP contribution in [-0.2, 0) is 0 Å². The Morgan fingerprint density at radius 1 is 0.667 bits per heavy atom. The normalized spacial score (nSPS) is 12.3. The van der Waals surface area contributed by atoms with E-state index in [0.717, 1.165) is 37.9 Å². The fourth-order valence-electron chi connectivity index (χ4n) is 7.40. The van der Waals surface area contributed by atoms with Crippen molar-refractivity contribution in [3.05, 3.63) is 144 Å². The first kappa shape index (κ1) is 27.5. The quantitative estimate of drug-likeness (QED) is 0.178.